The molecule has 7 nitrogen and oxygen atoms in total. The Morgan fingerprint density at radius 3 is 2.73 bits per heavy atom. The second kappa shape index (κ2) is 10.6. The average molecular weight is 539 g/mol. The Morgan fingerprint density at radius 2 is 2.05 bits per heavy atom. The fourth-order valence-corrected chi connectivity index (χ4v) is 6.92. The molecule has 1 aromatic carbocycles. The molecule has 3 aromatic rings. The molecule has 2 aliphatic rings. The lowest BCUT2D eigenvalue weighted by molar-refractivity contribution is -0.123. The van der Waals surface area contributed by atoms with Gasteiger partial charge in [-0.3, -0.25) is 14.5 Å². The van der Waals surface area contributed by atoms with Crippen molar-refractivity contribution in [2.24, 2.45) is 0 Å². The van der Waals surface area contributed by atoms with Crippen LogP contribution in [-0.2, 0) is 19.7 Å². The SMILES string of the molecule is Cc1ccccc1-n1nc(C(C)(C)C)c2c1N(CC(=O)NCC1CCCO1)C(=O)CSC2c1ccsc1. The number of carbonyl (C=O) groups is 2. The smallest absolute Gasteiger partial charge is 0.240 e. The standard InChI is InChI=1S/C28H34N4O3S2/c1-18-8-5-6-10-21(18)32-27-24(26(30-32)28(2,3)4)25(19-11-13-36-16-19)37-17-23(34)31(27)15-22(33)29-14-20-9-7-12-35-20/h5-6,8,10-11,13,16,20,25H,7,9,12,14-15,17H2,1-4H3,(H,29,33). The van der Waals surface area contributed by atoms with Gasteiger partial charge in [0.15, 0.2) is 0 Å². The summed E-state index contributed by atoms with van der Waals surface area (Å²) in [6.45, 7) is 9.64. The molecule has 2 amide bonds. The zero-order valence-corrected chi connectivity index (χ0v) is 23.5. The first-order chi connectivity index (χ1) is 17.7. The van der Waals surface area contributed by atoms with Crippen LogP contribution in [-0.4, -0.2) is 53.1 Å². The second-order valence-electron chi connectivity index (χ2n) is 10.7. The number of benzene rings is 1. The summed E-state index contributed by atoms with van der Waals surface area (Å²) >= 11 is 3.26. The van der Waals surface area contributed by atoms with Crippen LogP contribution in [0.25, 0.3) is 5.69 Å². The summed E-state index contributed by atoms with van der Waals surface area (Å²) in [5, 5.41) is 12.3. The van der Waals surface area contributed by atoms with Gasteiger partial charge in [-0.05, 0) is 53.8 Å². The maximum absolute atomic E-state index is 13.7. The molecule has 4 heterocycles. The van der Waals surface area contributed by atoms with Crippen molar-refractivity contribution < 1.29 is 14.3 Å². The molecule has 2 atom stereocenters. The average Bonchev–Trinajstić information content (AvgIpc) is 3.62. The van der Waals surface area contributed by atoms with Crippen molar-refractivity contribution >= 4 is 40.7 Å². The number of aryl methyl sites for hydroxylation is 1. The molecule has 2 aliphatic heterocycles. The van der Waals surface area contributed by atoms with Gasteiger partial charge in [0.25, 0.3) is 0 Å². The number of thiophene rings is 1. The van der Waals surface area contributed by atoms with Gasteiger partial charge < -0.3 is 10.1 Å². The number of nitrogens with zero attached hydrogens (tertiary/aromatic N) is 3. The van der Waals surface area contributed by atoms with Crippen LogP contribution in [0, 0.1) is 6.92 Å². The molecule has 2 unspecified atom stereocenters. The predicted molar refractivity (Wildman–Crippen MR) is 150 cm³/mol. The minimum Gasteiger partial charge on any atom is -0.376 e. The molecule has 37 heavy (non-hydrogen) atoms. The molecular formula is C28H34N4O3S2. The summed E-state index contributed by atoms with van der Waals surface area (Å²) < 4.78 is 7.56. The monoisotopic (exact) mass is 538 g/mol. The maximum atomic E-state index is 13.7. The van der Waals surface area contributed by atoms with Crippen molar-refractivity contribution in [2.75, 3.05) is 30.3 Å². The van der Waals surface area contributed by atoms with Gasteiger partial charge >= 0.3 is 0 Å². The van der Waals surface area contributed by atoms with Crippen LogP contribution in [0.2, 0.25) is 0 Å². The van der Waals surface area contributed by atoms with Gasteiger partial charge in [0.2, 0.25) is 11.8 Å². The van der Waals surface area contributed by atoms with Crippen LogP contribution in [0.1, 0.15) is 61.2 Å². The Labute approximate surface area is 226 Å². The number of para-hydroxylation sites is 1. The van der Waals surface area contributed by atoms with Gasteiger partial charge in [0.1, 0.15) is 12.4 Å². The van der Waals surface area contributed by atoms with Gasteiger partial charge in [-0.2, -0.15) is 16.4 Å². The third kappa shape index (κ3) is 5.35. The van der Waals surface area contributed by atoms with Gasteiger partial charge in [-0.25, -0.2) is 4.68 Å². The van der Waals surface area contributed by atoms with Crippen LogP contribution in [0.5, 0.6) is 0 Å². The fourth-order valence-electron chi connectivity index (χ4n) is 4.96. The number of ether oxygens (including phenoxy) is 1. The van der Waals surface area contributed by atoms with E-state index in [-0.39, 0.29) is 40.9 Å². The number of carbonyl (C=O) groups excluding carboxylic acids is 2. The van der Waals surface area contributed by atoms with E-state index in [0.717, 1.165) is 47.5 Å². The molecule has 1 fully saturated rings. The molecule has 0 radical (unpaired) electrons. The highest BCUT2D eigenvalue weighted by Gasteiger charge is 2.40. The lowest BCUT2D eigenvalue weighted by Crippen LogP contribution is -2.44. The van der Waals surface area contributed by atoms with E-state index in [2.05, 4.69) is 42.9 Å². The normalized spacial score (nSPS) is 20.1. The van der Waals surface area contributed by atoms with Crippen LogP contribution in [0.4, 0.5) is 5.82 Å². The molecular weight excluding hydrogens is 504 g/mol. The molecule has 0 saturated carbocycles. The third-order valence-corrected chi connectivity index (χ3v) is 8.80. The lowest BCUT2D eigenvalue weighted by Gasteiger charge is -2.24. The Kier molecular flexibility index (Phi) is 7.47. The fraction of sp³-hybridized carbons (Fsp3) is 0.464. The summed E-state index contributed by atoms with van der Waals surface area (Å²) in [5.41, 5.74) is 4.79. The first-order valence-corrected chi connectivity index (χ1v) is 14.7. The van der Waals surface area contributed by atoms with Crippen molar-refractivity contribution in [1.29, 1.82) is 0 Å². The first kappa shape index (κ1) is 26.0. The molecule has 1 saturated heterocycles. The second-order valence-corrected chi connectivity index (χ2v) is 12.6. The van der Waals surface area contributed by atoms with Crippen LogP contribution in [0.15, 0.2) is 41.1 Å². The van der Waals surface area contributed by atoms with Crippen molar-refractivity contribution in [3.8, 4) is 5.69 Å². The van der Waals surface area contributed by atoms with E-state index >= 15 is 0 Å². The molecule has 2 aromatic heterocycles. The van der Waals surface area contributed by atoms with Crippen molar-refractivity contribution in [2.45, 2.75) is 57.3 Å². The van der Waals surface area contributed by atoms with Crippen molar-refractivity contribution in [3.63, 3.8) is 0 Å². The van der Waals surface area contributed by atoms with Crippen molar-refractivity contribution in [3.05, 3.63) is 63.5 Å². The summed E-state index contributed by atoms with van der Waals surface area (Å²) in [7, 11) is 0. The quantitative estimate of drug-likeness (QED) is 0.478. The number of anilines is 1. The topological polar surface area (TPSA) is 76.5 Å². The minimum atomic E-state index is -0.270. The summed E-state index contributed by atoms with van der Waals surface area (Å²) in [4.78, 5) is 28.5. The Hall–Kier alpha value is -2.62. The minimum absolute atomic E-state index is 0.0443. The maximum Gasteiger partial charge on any atom is 0.240 e. The number of rotatable bonds is 6. The van der Waals surface area contributed by atoms with Gasteiger partial charge in [-0.1, -0.05) is 39.0 Å². The molecule has 1 N–H and O–H groups in total. The highest BCUT2D eigenvalue weighted by atomic mass is 32.2. The van der Waals surface area contributed by atoms with Crippen LogP contribution < -0.4 is 10.2 Å². The first-order valence-electron chi connectivity index (χ1n) is 12.8. The number of thioether (sulfide) groups is 1. The van der Waals surface area contributed by atoms with Gasteiger partial charge in [-0.15, -0.1) is 11.8 Å². The molecule has 0 bridgehead atoms. The predicted octanol–water partition coefficient (Wildman–Crippen LogP) is 5.00. The van der Waals surface area contributed by atoms with Gasteiger partial charge in [0, 0.05) is 24.1 Å². The summed E-state index contributed by atoms with van der Waals surface area (Å²) in [5.74, 6) is 0.693. The highest BCUT2D eigenvalue weighted by molar-refractivity contribution is 8.00. The molecule has 9 heteroatoms. The Bertz CT molecular complexity index is 1270. The van der Waals surface area contributed by atoms with Crippen LogP contribution >= 0.6 is 23.1 Å². The zero-order valence-electron chi connectivity index (χ0n) is 21.8. The third-order valence-electron chi connectivity index (χ3n) is 6.84. The van der Waals surface area contributed by atoms with E-state index in [9.17, 15) is 9.59 Å². The number of fused-ring (bicyclic) bond motifs is 1. The highest BCUT2D eigenvalue weighted by Crippen LogP contribution is 2.48. The van der Waals surface area contributed by atoms with E-state index < -0.39 is 0 Å². The van der Waals surface area contributed by atoms with E-state index in [0.29, 0.717) is 12.4 Å². The number of hydrogen-bond donors (Lipinski definition) is 1. The van der Waals surface area contributed by atoms with E-state index in [1.165, 1.54) is 0 Å². The number of hydrogen-bond acceptors (Lipinski definition) is 6. The number of amides is 2. The molecule has 196 valence electrons. The van der Waals surface area contributed by atoms with E-state index in [4.69, 9.17) is 9.84 Å². The molecule has 5 rings (SSSR count). The Balaban J connectivity index is 1.64. The lowest BCUT2D eigenvalue weighted by atomic mass is 9.87. The molecule has 0 aliphatic carbocycles. The molecule has 0 spiro atoms. The van der Waals surface area contributed by atoms with Crippen molar-refractivity contribution in [1.82, 2.24) is 15.1 Å². The van der Waals surface area contributed by atoms with E-state index in [1.807, 2.05) is 35.9 Å². The number of nitrogens with one attached hydrogen (secondary N) is 1. The summed E-state index contributed by atoms with van der Waals surface area (Å²) in [6.07, 6.45) is 2.00. The zero-order chi connectivity index (χ0) is 26.2. The van der Waals surface area contributed by atoms with Gasteiger partial charge in [0.05, 0.1) is 28.5 Å². The summed E-state index contributed by atoms with van der Waals surface area (Å²) in [6, 6.07) is 10.2. The Morgan fingerprint density at radius 1 is 1.24 bits per heavy atom. The number of aromatic nitrogens is 2. The van der Waals surface area contributed by atoms with Crippen LogP contribution in [0.3, 0.4) is 0 Å². The largest absolute Gasteiger partial charge is 0.376 e. The van der Waals surface area contributed by atoms with E-state index in [1.54, 1.807) is 28.0 Å².